The number of aliphatic carboxylic acids is 1. The number of nitrogens with zero attached hydrogens (tertiary/aromatic N) is 2. The zero-order valence-electron chi connectivity index (χ0n) is 20.1. The molecule has 5 rings (SSSR count). The van der Waals surface area contributed by atoms with Gasteiger partial charge in [-0.1, -0.05) is 13.3 Å². The van der Waals surface area contributed by atoms with Gasteiger partial charge in [-0.25, -0.2) is 9.18 Å². The summed E-state index contributed by atoms with van der Waals surface area (Å²) in [6.45, 7) is 4.63. The Labute approximate surface area is 207 Å². The summed E-state index contributed by atoms with van der Waals surface area (Å²) in [5.41, 5.74) is 4.12. The number of fused-ring (bicyclic) bond motifs is 1. The molecule has 0 saturated carbocycles. The molecular formula is C29H25FN2O4. The van der Waals surface area contributed by atoms with Crippen molar-refractivity contribution in [2.75, 3.05) is 13.2 Å². The summed E-state index contributed by atoms with van der Waals surface area (Å²) in [6, 6.07) is 12.0. The lowest BCUT2D eigenvalue weighted by Gasteiger charge is -2.24. The lowest BCUT2D eigenvalue weighted by atomic mass is 9.84. The molecule has 0 bridgehead atoms. The van der Waals surface area contributed by atoms with E-state index < -0.39 is 17.9 Å². The number of nitriles is 1. The highest BCUT2D eigenvalue weighted by Gasteiger charge is 2.30. The molecule has 0 unspecified atom stereocenters. The summed E-state index contributed by atoms with van der Waals surface area (Å²) < 4.78 is 26.6. The van der Waals surface area contributed by atoms with E-state index in [1.165, 1.54) is 12.1 Å². The van der Waals surface area contributed by atoms with Crippen LogP contribution in [0.3, 0.4) is 0 Å². The lowest BCUT2D eigenvalue weighted by Crippen LogP contribution is -2.19. The Balaban J connectivity index is 1.91. The minimum atomic E-state index is -1.27. The fourth-order valence-corrected chi connectivity index (χ4v) is 5.06. The number of rotatable bonds is 7. The van der Waals surface area contributed by atoms with Crippen LogP contribution in [0, 0.1) is 24.1 Å². The fraction of sp³-hybridized carbons (Fsp3) is 0.276. The number of hydrogen-bond acceptors (Lipinski definition) is 5. The van der Waals surface area contributed by atoms with Gasteiger partial charge in [0.15, 0.2) is 6.10 Å². The van der Waals surface area contributed by atoms with E-state index >= 15 is 0 Å². The maximum Gasteiger partial charge on any atom is 0.337 e. The van der Waals surface area contributed by atoms with Gasteiger partial charge >= 0.3 is 5.97 Å². The van der Waals surface area contributed by atoms with Crippen LogP contribution in [0.15, 0.2) is 42.6 Å². The Bertz CT molecular complexity index is 1550. The van der Waals surface area contributed by atoms with Gasteiger partial charge in [0.25, 0.3) is 0 Å². The maximum absolute atomic E-state index is 14.8. The van der Waals surface area contributed by atoms with Crippen molar-refractivity contribution in [1.29, 1.82) is 5.26 Å². The number of hydrogen-bond donors (Lipinski definition) is 1. The second-order valence-corrected chi connectivity index (χ2v) is 8.99. The minimum Gasteiger partial charge on any atom is -0.493 e. The van der Waals surface area contributed by atoms with Crippen LogP contribution < -0.4 is 4.74 Å². The molecule has 0 aliphatic carbocycles. The number of unbranched alkanes of at least 4 members (excludes halogenated alkanes) is 1. The average molecular weight is 485 g/mol. The summed E-state index contributed by atoms with van der Waals surface area (Å²) in [5, 5.41) is 21.8. The number of benzene rings is 3. The number of carboxylic acid groups (broad SMARTS) is 1. The van der Waals surface area contributed by atoms with Crippen LogP contribution in [-0.2, 0) is 16.0 Å². The molecule has 0 saturated heterocycles. The Kier molecular flexibility index (Phi) is 6.29. The smallest absolute Gasteiger partial charge is 0.337 e. The van der Waals surface area contributed by atoms with Crippen molar-refractivity contribution in [2.45, 2.75) is 39.2 Å². The number of carbonyl (C=O) groups is 1. The molecule has 6 nitrogen and oxygen atoms in total. The van der Waals surface area contributed by atoms with Crippen LogP contribution in [0.2, 0.25) is 0 Å². The van der Waals surface area contributed by atoms with E-state index in [2.05, 4.69) is 11.1 Å². The monoisotopic (exact) mass is 484 g/mol. The summed E-state index contributed by atoms with van der Waals surface area (Å²) in [6.07, 6.45) is 2.74. The Morgan fingerprint density at radius 1 is 1.28 bits per heavy atom. The van der Waals surface area contributed by atoms with Crippen molar-refractivity contribution in [2.24, 2.45) is 0 Å². The van der Waals surface area contributed by atoms with Gasteiger partial charge in [0.1, 0.15) is 11.6 Å². The molecule has 1 aromatic heterocycles. The number of aryl methyl sites for hydroxylation is 1. The second kappa shape index (κ2) is 9.56. The summed E-state index contributed by atoms with van der Waals surface area (Å²) >= 11 is 0. The zero-order chi connectivity index (χ0) is 25.4. The van der Waals surface area contributed by atoms with Crippen molar-refractivity contribution in [1.82, 2.24) is 4.98 Å². The topological polar surface area (TPSA) is 92.4 Å². The Hall–Kier alpha value is -4.02. The van der Waals surface area contributed by atoms with Crippen LogP contribution in [0.4, 0.5) is 4.39 Å². The predicted octanol–water partition coefficient (Wildman–Crippen LogP) is 6.25. The first kappa shape index (κ1) is 23.7. The molecule has 4 aromatic rings. The van der Waals surface area contributed by atoms with E-state index in [0.29, 0.717) is 57.3 Å². The van der Waals surface area contributed by atoms with Crippen molar-refractivity contribution in [3.05, 3.63) is 70.7 Å². The third-order valence-corrected chi connectivity index (χ3v) is 6.70. The highest BCUT2D eigenvalue weighted by atomic mass is 19.1. The second-order valence-electron chi connectivity index (χ2n) is 8.99. The summed E-state index contributed by atoms with van der Waals surface area (Å²) in [7, 11) is 0. The van der Waals surface area contributed by atoms with E-state index in [-0.39, 0.29) is 12.2 Å². The molecule has 3 aromatic carbocycles. The van der Waals surface area contributed by atoms with Crippen LogP contribution in [0.1, 0.15) is 48.1 Å². The highest BCUT2D eigenvalue weighted by molar-refractivity contribution is 6.09. The van der Waals surface area contributed by atoms with E-state index in [1.807, 2.05) is 25.1 Å². The van der Waals surface area contributed by atoms with E-state index in [9.17, 15) is 19.6 Å². The van der Waals surface area contributed by atoms with E-state index in [0.717, 1.165) is 23.8 Å². The fourth-order valence-electron chi connectivity index (χ4n) is 5.06. The number of carboxylic acids is 1. The third-order valence-electron chi connectivity index (χ3n) is 6.70. The molecule has 0 radical (unpaired) electrons. The molecule has 0 fully saturated rings. The molecular weight excluding hydrogens is 459 g/mol. The van der Waals surface area contributed by atoms with Crippen LogP contribution in [-0.4, -0.2) is 29.3 Å². The van der Waals surface area contributed by atoms with Gasteiger partial charge < -0.3 is 14.6 Å². The third kappa shape index (κ3) is 3.94. The first-order valence-corrected chi connectivity index (χ1v) is 12.0. The number of halogens is 1. The minimum absolute atomic E-state index is 0.179. The number of pyridine rings is 1. The highest BCUT2D eigenvalue weighted by Crippen LogP contribution is 2.45. The van der Waals surface area contributed by atoms with Gasteiger partial charge in [0, 0.05) is 41.1 Å². The normalized spacial score (nSPS) is 13.4. The van der Waals surface area contributed by atoms with Gasteiger partial charge in [0.2, 0.25) is 0 Å². The van der Waals surface area contributed by atoms with Crippen molar-refractivity contribution in [3.8, 4) is 22.9 Å². The van der Waals surface area contributed by atoms with Crippen LogP contribution >= 0.6 is 0 Å². The first-order valence-electron chi connectivity index (χ1n) is 12.0. The zero-order valence-corrected chi connectivity index (χ0v) is 20.1. The quantitative estimate of drug-likeness (QED) is 0.312. The SMILES string of the molecule is CCCCO[C@@H](C(=O)O)c1c(C)cc2c(C#N)cc(F)cc2c1-c1ccc2c3c(ccnc13)CCO2. The van der Waals surface area contributed by atoms with Gasteiger partial charge in [-0.3, -0.25) is 4.98 Å². The molecule has 2 heterocycles. The Morgan fingerprint density at radius 2 is 2.11 bits per heavy atom. The molecule has 1 aliphatic rings. The van der Waals surface area contributed by atoms with Gasteiger partial charge in [-0.2, -0.15) is 5.26 Å². The molecule has 36 heavy (non-hydrogen) atoms. The van der Waals surface area contributed by atoms with Gasteiger partial charge in [0.05, 0.1) is 23.8 Å². The molecule has 1 N–H and O–H groups in total. The van der Waals surface area contributed by atoms with E-state index in [4.69, 9.17) is 9.47 Å². The molecule has 0 amide bonds. The average Bonchev–Trinajstić information content (AvgIpc) is 2.87. The van der Waals surface area contributed by atoms with Gasteiger partial charge in [-0.05, 0) is 71.8 Å². The van der Waals surface area contributed by atoms with Crippen molar-refractivity contribution < 1.29 is 23.8 Å². The summed E-state index contributed by atoms with van der Waals surface area (Å²) in [5.74, 6) is -1.00. The van der Waals surface area contributed by atoms with E-state index in [1.54, 1.807) is 19.2 Å². The number of ether oxygens (including phenoxy) is 2. The molecule has 1 aliphatic heterocycles. The van der Waals surface area contributed by atoms with Crippen LogP contribution in [0.5, 0.6) is 5.75 Å². The summed E-state index contributed by atoms with van der Waals surface area (Å²) in [4.78, 5) is 17.2. The lowest BCUT2D eigenvalue weighted by molar-refractivity contribution is -0.151. The predicted molar refractivity (Wildman–Crippen MR) is 135 cm³/mol. The van der Waals surface area contributed by atoms with Gasteiger partial charge in [-0.15, -0.1) is 0 Å². The van der Waals surface area contributed by atoms with Crippen LogP contribution in [0.25, 0.3) is 32.8 Å². The molecule has 1 atom stereocenters. The molecule has 7 heteroatoms. The largest absolute Gasteiger partial charge is 0.493 e. The molecule has 182 valence electrons. The number of aromatic nitrogens is 1. The Morgan fingerprint density at radius 3 is 2.86 bits per heavy atom. The first-order chi connectivity index (χ1) is 17.4. The molecule has 0 spiro atoms. The standard InChI is InChI=1S/C29H25FN2O4/c1-3-4-10-36-28(29(33)34)24-16(2)12-21-18(15-31)13-19(30)14-22(21)26(24)20-5-6-23-25-17(8-11-35-23)7-9-32-27(20)25/h5-7,9,12-14,28H,3-4,8,10-11H2,1-2H3,(H,33,34)/t28-/m1/s1. The van der Waals surface area contributed by atoms with Crippen molar-refractivity contribution >= 4 is 27.6 Å². The maximum atomic E-state index is 14.8. The van der Waals surface area contributed by atoms with Crippen molar-refractivity contribution in [3.63, 3.8) is 0 Å².